The Morgan fingerprint density at radius 2 is 2.06 bits per heavy atom. The van der Waals surface area contributed by atoms with E-state index in [-0.39, 0.29) is 12.5 Å². The van der Waals surface area contributed by atoms with Crippen molar-refractivity contribution in [2.45, 2.75) is 6.54 Å². The zero-order chi connectivity index (χ0) is 12.8. The Labute approximate surface area is 105 Å². The predicted octanol–water partition coefficient (Wildman–Crippen LogP) is 0.307. The number of amides is 1. The van der Waals surface area contributed by atoms with Gasteiger partial charge in [-0.25, -0.2) is 0 Å². The third kappa shape index (κ3) is 2.92. The molecule has 1 heterocycles. The number of likely N-dealkylation sites (N-methyl/N-ethyl adjacent to an activating group) is 1. The number of aromatic amines is 1. The number of carbonyl (C=O) groups excluding carboxylic acids is 1. The summed E-state index contributed by atoms with van der Waals surface area (Å²) < 4.78 is 0. The van der Waals surface area contributed by atoms with Gasteiger partial charge in [0.05, 0.1) is 6.54 Å². The summed E-state index contributed by atoms with van der Waals surface area (Å²) in [5.74, 6) is -0.0558. The second kappa shape index (κ2) is 5.92. The number of hydrogen-bond donors (Lipinski definition) is 3. The van der Waals surface area contributed by atoms with Crippen LogP contribution >= 0.6 is 0 Å². The maximum absolute atomic E-state index is 11.1. The quantitative estimate of drug-likeness (QED) is 0.708. The second-order valence-corrected chi connectivity index (χ2v) is 3.76. The second-order valence-electron chi connectivity index (χ2n) is 3.76. The van der Waals surface area contributed by atoms with Crippen molar-refractivity contribution in [3.05, 3.63) is 36.0 Å². The monoisotopic (exact) mass is 245 g/mol. The summed E-state index contributed by atoms with van der Waals surface area (Å²) >= 11 is 0. The fourth-order valence-electron chi connectivity index (χ4n) is 1.59. The van der Waals surface area contributed by atoms with Crippen LogP contribution in [0.3, 0.4) is 0 Å². The standard InChI is InChI=1S/C12H15N5O/c1-13-11(18)8-14-7-10-12(16-17-15-10)9-5-3-2-4-6-9/h2-6,14H,7-8H2,1H3,(H,13,18)(H,15,16,17). The molecule has 6 nitrogen and oxygen atoms in total. The molecular formula is C12H15N5O. The molecule has 0 aliphatic carbocycles. The van der Waals surface area contributed by atoms with Crippen molar-refractivity contribution in [3.63, 3.8) is 0 Å². The molecule has 0 unspecified atom stereocenters. The van der Waals surface area contributed by atoms with Crippen LogP contribution in [-0.2, 0) is 11.3 Å². The predicted molar refractivity (Wildman–Crippen MR) is 67.6 cm³/mol. The number of aromatic nitrogens is 3. The molecule has 2 rings (SSSR count). The minimum absolute atomic E-state index is 0.0558. The summed E-state index contributed by atoms with van der Waals surface area (Å²) in [6, 6.07) is 9.80. The van der Waals surface area contributed by atoms with E-state index in [4.69, 9.17) is 0 Å². The van der Waals surface area contributed by atoms with Crippen LogP contribution in [0.1, 0.15) is 5.69 Å². The molecule has 0 fully saturated rings. The molecule has 0 spiro atoms. The molecule has 1 aromatic carbocycles. The van der Waals surface area contributed by atoms with E-state index in [0.29, 0.717) is 6.54 Å². The number of nitrogens with one attached hydrogen (secondary N) is 3. The fraction of sp³-hybridized carbons (Fsp3) is 0.250. The van der Waals surface area contributed by atoms with Gasteiger partial charge >= 0.3 is 0 Å². The van der Waals surface area contributed by atoms with Crippen molar-refractivity contribution in [2.24, 2.45) is 0 Å². The van der Waals surface area contributed by atoms with Gasteiger partial charge < -0.3 is 10.6 Å². The molecule has 18 heavy (non-hydrogen) atoms. The molecule has 0 atom stereocenters. The molecule has 2 aromatic rings. The third-order valence-corrected chi connectivity index (χ3v) is 2.52. The Balaban J connectivity index is 2.03. The highest BCUT2D eigenvalue weighted by atomic mass is 16.1. The van der Waals surface area contributed by atoms with Crippen LogP contribution < -0.4 is 10.6 Å². The van der Waals surface area contributed by atoms with Crippen LogP contribution in [0.4, 0.5) is 0 Å². The SMILES string of the molecule is CNC(=O)CNCc1n[nH]nc1-c1ccccc1. The van der Waals surface area contributed by atoms with Gasteiger partial charge in [-0.2, -0.15) is 15.4 Å². The normalized spacial score (nSPS) is 10.3. The number of H-pyrrole nitrogens is 1. The Hall–Kier alpha value is -2.21. The van der Waals surface area contributed by atoms with Gasteiger partial charge in [-0.15, -0.1) is 0 Å². The first-order chi connectivity index (χ1) is 8.81. The smallest absolute Gasteiger partial charge is 0.233 e. The Morgan fingerprint density at radius 3 is 2.78 bits per heavy atom. The van der Waals surface area contributed by atoms with E-state index in [1.165, 1.54) is 0 Å². The molecule has 1 amide bonds. The van der Waals surface area contributed by atoms with Crippen molar-refractivity contribution < 1.29 is 4.79 Å². The minimum Gasteiger partial charge on any atom is -0.358 e. The molecule has 0 radical (unpaired) electrons. The van der Waals surface area contributed by atoms with E-state index in [1.807, 2.05) is 30.3 Å². The molecule has 0 bridgehead atoms. The maximum Gasteiger partial charge on any atom is 0.233 e. The van der Waals surface area contributed by atoms with Crippen molar-refractivity contribution in [1.29, 1.82) is 0 Å². The Bertz CT molecular complexity index is 508. The highest BCUT2D eigenvalue weighted by molar-refractivity contribution is 5.77. The zero-order valence-electron chi connectivity index (χ0n) is 10.1. The molecule has 94 valence electrons. The Morgan fingerprint density at radius 1 is 1.28 bits per heavy atom. The summed E-state index contributed by atoms with van der Waals surface area (Å²) in [6.07, 6.45) is 0. The number of benzene rings is 1. The van der Waals surface area contributed by atoms with Gasteiger partial charge in [0.1, 0.15) is 11.4 Å². The fourth-order valence-corrected chi connectivity index (χ4v) is 1.59. The van der Waals surface area contributed by atoms with E-state index in [1.54, 1.807) is 7.05 Å². The van der Waals surface area contributed by atoms with E-state index in [9.17, 15) is 4.79 Å². The average Bonchev–Trinajstić information content (AvgIpc) is 2.88. The lowest BCUT2D eigenvalue weighted by atomic mass is 10.1. The van der Waals surface area contributed by atoms with Gasteiger partial charge in [-0.3, -0.25) is 4.79 Å². The van der Waals surface area contributed by atoms with Gasteiger partial charge in [-0.1, -0.05) is 30.3 Å². The summed E-state index contributed by atoms with van der Waals surface area (Å²) in [5, 5.41) is 16.4. The molecule has 6 heteroatoms. The number of nitrogens with zero attached hydrogens (tertiary/aromatic N) is 2. The van der Waals surface area contributed by atoms with E-state index >= 15 is 0 Å². The van der Waals surface area contributed by atoms with Crippen molar-refractivity contribution >= 4 is 5.91 Å². The van der Waals surface area contributed by atoms with Crippen LogP contribution in [0.15, 0.2) is 30.3 Å². The van der Waals surface area contributed by atoms with E-state index < -0.39 is 0 Å². The van der Waals surface area contributed by atoms with Gasteiger partial charge in [0.15, 0.2) is 0 Å². The minimum atomic E-state index is -0.0558. The van der Waals surface area contributed by atoms with Gasteiger partial charge in [-0.05, 0) is 0 Å². The van der Waals surface area contributed by atoms with Gasteiger partial charge in [0, 0.05) is 19.2 Å². The van der Waals surface area contributed by atoms with Crippen LogP contribution in [0.25, 0.3) is 11.3 Å². The topological polar surface area (TPSA) is 82.7 Å². The molecular weight excluding hydrogens is 230 g/mol. The molecule has 0 saturated carbocycles. The number of carbonyl (C=O) groups is 1. The van der Waals surface area contributed by atoms with Crippen molar-refractivity contribution in [1.82, 2.24) is 26.0 Å². The molecule has 0 aliphatic rings. The number of rotatable bonds is 5. The third-order valence-electron chi connectivity index (χ3n) is 2.52. The lowest BCUT2D eigenvalue weighted by Crippen LogP contribution is -2.31. The van der Waals surface area contributed by atoms with E-state index in [0.717, 1.165) is 17.0 Å². The maximum atomic E-state index is 11.1. The van der Waals surface area contributed by atoms with Crippen LogP contribution in [0.2, 0.25) is 0 Å². The molecule has 1 aromatic heterocycles. The van der Waals surface area contributed by atoms with Crippen LogP contribution in [0.5, 0.6) is 0 Å². The van der Waals surface area contributed by atoms with E-state index in [2.05, 4.69) is 26.0 Å². The van der Waals surface area contributed by atoms with Crippen molar-refractivity contribution in [3.8, 4) is 11.3 Å². The molecule has 3 N–H and O–H groups in total. The highest BCUT2D eigenvalue weighted by Gasteiger charge is 2.09. The first-order valence-electron chi connectivity index (χ1n) is 5.67. The van der Waals surface area contributed by atoms with Crippen LogP contribution in [0, 0.1) is 0 Å². The highest BCUT2D eigenvalue weighted by Crippen LogP contribution is 2.18. The summed E-state index contributed by atoms with van der Waals surface area (Å²) in [4.78, 5) is 11.1. The molecule has 0 aliphatic heterocycles. The first-order valence-corrected chi connectivity index (χ1v) is 5.67. The summed E-state index contributed by atoms with van der Waals surface area (Å²) in [7, 11) is 1.61. The summed E-state index contributed by atoms with van der Waals surface area (Å²) in [6.45, 7) is 0.756. The number of hydrogen-bond acceptors (Lipinski definition) is 4. The molecule has 0 saturated heterocycles. The van der Waals surface area contributed by atoms with Crippen LogP contribution in [-0.4, -0.2) is 34.9 Å². The lowest BCUT2D eigenvalue weighted by molar-refractivity contribution is -0.119. The summed E-state index contributed by atoms with van der Waals surface area (Å²) in [5.41, 5.74) is 2.60. The van der Waals surface area contributed by atoms with Gasteiger partial charge in [0.2, 0.25) is 5.91 Å². The zero-order valence-corrected chi connectivity index (χ0v) is 10.1. The van der Waals surface area contributed by atoms with Gasteiger partial charge in [0.25, 0.3) is 0 Å². The average molecular weight is 245 g/mol. The van der Waals surface area contributed by atoms with Crippen molar-refractivity contribution in [2.75, 3.05) is 13.6 Å². The lowest BCUT2D eigenvalue weighted by Gasteiger charge is -2.03. The largest absolute Gasteiger partial charge is 0.358 e. The Kier molecular flexibility index (Phi) is 4.03. The first kappa shape index (κ1) is 12.3.